The summed E-state index contributed by atoms with van der Waals surface area (Å²) in [7, 11) is 0. The first-order valence-electron chi connectivity index (χ1n) is 19.6. The molecule has 0 saturated heterocycles. The summed E-state index contributed by atoms with van der Waals surface area (Å²) in [5.41, 5.74) is 1.47. The fraction of sp³-hybridized carbons (Fsp3) is 0.261. The van der Waals surface area contributed by atoms with E-state index in [2.05, 4.69) is 26.6 Å². The summed E-state index contributed by atoms with van der Waals surface area (Å²) >= 11 is 0. The molecule has 61 heavy (non-hydrogen) atoms. The van der Waals surface area contributed by atoms with Gasteiger partial charge in [-0.1, -0.05) is 104 Å². The van der Waals surface area contributed by atoms with Crippen LogP contribution in [-0.4, -0.2) is 64.8 Å². The van der Waals surface area contributed by atoms with E-state index in [4.69, 9.17) is 0 Å². The molecule has 0 fully saturated rings. The monoisotopic (exact) mass is 835 g/mol. The minimum absolute atomic E-state index is 0.0594. The van der Waals surface area contributed by atoms with Crippen molar-refractivity contribution in [1.29, 1.82) is 0 Å². The first-order valence-corrected chi connectivity index (χ1v) is 19.6. The van der Waals surface area contributed by atoms with E-state index >= 15 is 0 Å². The minimum Gasteiger partial charge on any atom is -0.480 e. The Bertz CT molecular complexity index is 2390. The summed E-state index contributed by atoms with van der Waals surface area (Å²) in [6, 6.07) is 26.1. The third-order valence-corrected chi connectivity index (χ3v) is 10.6. The smallest absolute Gasteiger partial charge is 0.416 e. The van der Waals surface area contributed by atoms with Crippen LogP contribution in [0.1, 0.15) is 53.5 Å². The number of carbonyl (C=O) groups is 6. The molecule has 316 valence electrons. The molecule has 5 aromatic carbocycles. The van der Waals surface area contributed by atoms with Gasteiger partial charge in [0.05, 0.1) is 5.56 Å². The third-order valence-electron chi connectivity index (χ3n) is 10.6. The summed E-state index contributed by atoms with van der Waals surface area (Å²) in [6.07, 6.45) is -5.55. The van der Waals surface area contributed by atoms with Crippen molar-refractivity contribution in [3.63, 3.8) is 0 Å². The molecule has 5 atom stereocenters. The van der Waals surface area contributed by atoms with Crippen LogP contribution in [0.4, 0.5) is 18.9 Å². The van der Waals surface area contributed by atoms with E-state index in [1.54, 1.807) is 66.7 Å². The average Bonchev–Trinajstić information content (AvgIpc) is 3.24. The average molecular weight is 836 g/mol. The van der Waals surface area contributed by atoms with Crippen molar-refractivity contribution in [2.75, 3.05) is 5.32 Å². The van der Waals surface area contributed by atoms with Gasteiger partial charge in [-0.25, -0.2) is 4.79 Å². The molecule has 5 unspecified atom stereocenters. The second-order valence-corrected chi connectivity index (χ2v) is 15.0. The van der Waals surface area contributed by atoms with E-state index in [0.717, 1.165) is 22.9 Å². The molecule has 5 aromatic rings. The number of hydrogen-bond acceptors (Lipinski definition) is 6. The van der Waals surface area contributed by atoms with Crippen LogP contribution in [0.3, 0.4) is 0 Å². The Morgan fingerprint density at radius 2 is 1.30 bits per heavy atom. The van der Waals surface area contributed by atoms with Crippen LogP contribution < -0.4 is 26.6 Å². The zero-order valence-electron chi connectivity index (χ0n) is 33.0. The summed E-state index contributed by atoms with van der Waals surface area (Å²) in [5, 5.41) is 25.2. The van der Waals surface area contributed by atoms with Crippen molar-refractivity contribution in [2.45, 2.75) is 75.3 Å². The van der Waals surface area contributed by atoms with Gasteiger partial charge < -0.3 is 31.7 Å². The highest BCUT2D eigenvalue weighted by Gasteiger charge is 2.36. The van der Waals surface area contributed by atoms with E-state index in [9.17, 15) is 47.0 Å². The van der Waals surface area contributed by atoms with Gasteiger partial charge in [0.2, 0.25) is 29.5 Å². The Balaban J connectivity index is 1.41. The van der Waals surface area contributed by atoms with Gasteiger partial charge in [0.15, 0.2) is 0 Å². The second kappa shape index (κ2) is 19.4. The van der Waals surface area contributed by atoms with Crippen molar-refractivity contribution >= 4 is 52.0 Å². The van der Waals surface area contributed by atoms with Gasteiger partial charge in [0, 0.05) is 43.7 Å². The lowest BCUT2D eigenvalue weighted by Crippen LogP contribution is -2.59. The molecule has 5 amide bonds. The van der Waals surface area contributed by atoms with Crippen LogP contribution in [0.2, 0.25) is 0 Å². The van der Waals surface area contributed by atoms with E-state index in [0.29, 0.717) is 22.4 Å². The first-order chi connectivity index (χ1) is 29.1. The number of benzene rings is 5. The molecule has 0 aromatic heterocycles. The largest absolute Gasteiger partial charge is 0.480 e. The van der Waals surface area contributed by atoms with Gasteiger partial charge in [-0.15, -0.1) is 0 Å². The van der Waals surface area contributed by atoms with Crippen LogP contribution in [0.15, 0.2) is 121 Å². The van der Waals surface area contributed by atoms with Gasteiger partial charge >= 0.3 is 12.1 Å². The molecule has 0 spiro atoms. The number of carbonyl (C=O) groups excluding carboxylic acids is 5. The van der Waals surface area contributed by atoms with Gasteiger partial charge in [0.25, 0.3) is 0 Å². The number of anilines is 1. The van der Waals surface area contributed by atoms with E-state index in [-0.39, 0.29) is 37.7 Å². The molecule has 2 aliphatic rings. The maximum Gasteiger partial charge on any atom is 0.416 e. The van der Waals surface area contributed by atoms with Crippen molar-refractivity contribution in [2.24, 2.45) is 0 Å². The zero-order chi connectivity index (χ0) is 43.7. The Morgan fingerprint density at radius 1 is 0.672 bits per heavy atom. The lowest BCUT2D eigenvalue weighted by atomic mass is 9.90. The van der Waals surface area contributed by atoms with Crippen molar-refractivity contribution in [1.82, 2.24) is 21.3 Å². The van der Waals surface area contributed by atoms with E-state index < -0.39 is 77.3 Å². The first kappa shape index (κ1) is 43.5. The number of alkyl halides is 3. The SMILES string of the molecule is CC(c1ccc(C(F)(F)F)cc1)C1NC(=O)C(Cc2cccc3ccccc23)NC(=O)CCC(=O)Nc2ccc(cc2)CC(C(=O)O)NC(=O)C(Cc2ccccc2)NC1=O. The van der Waals surface area contributed by atoms with Crippen LogP contribution in [0.25, 0.3) is 10.8 Å². The fourth-order valence-electron chi connectivity index (χ4n) is 7.21. The molecule has 0 aliphatic carbocycles. The van der Waals surface area contributed by atoms with Gasteiger partial charge in [-0.3, -0.25) is 24.0 Å². The quantitative estimate of drug-likeness (QED) is 0.118. The van der Waals surface area contributed by atoms with Gasteiger partial charge in [0.1, 0.15) is 24.2 Å². The Labute approximate surface area is 349 Å². The standard InChI is InChI=1S/C46H44F3N5O7/c1-27(30-16-18-33(19-17-30)46(47,48)49)41-44(59)52-36(24-28-8-3-2-4-9-28)42(57)53-38(45(60)61)25-29-14-20-34(21-15-29)50-39(55)22-23-40(56)51-37(43(58)54-41)26-32-12-7-11-31-10-5-6-13-35(31)32/h2-21,27,36-38,41H,22-26H2,1H3,(H,50,55)(H,51,56)(H,52,59)(H,53,57)(H,54,58)(H,60,61). The van der Waals surface area contributed by atoms with Crippen LogP contribution >= 0.6 is 0 Å². The van der Waals surface area contributed by atoms with Crippen molar-refractivity contribution in [3.05, 3.63) is 149 Å². The van der Waals surface area contributed by atoms with Crippen LogP contribution in [0.5, 0.6) is 0 Å². The Kier molecular flexibility index (Phi) is 13.8. The molecule has 0 radical (unpaired) electrons. The third kappa shape index (κ3) is 11.6. The highest BCUT2D eigenvalue weighted by Crippen LogP contribution is 2.31. The number of rotatable bonds is 7. The lowest BCUT2D eigenvalue weighted by molar-refractivity contribution is -0.142. The van der Waals surface area contributed by atoms with Crippen LogP contribution in [-0.2, 0) is 54.2 Å². The molecule has 12 nitrogen and oxygen atoms in total. The second-order valence-electron chi connectivity index (χ2n) is 15.0. The van der Waals surface area contributed by atoms with Gasteiger partial charge in [-0.05, 0) is 57.3 Å². The number of fused-ring (bicyclic) bond motifs is 19. The maximum atomic E-state index is 14.6. The van der Waals surface area contributed by atoms with Crippen molar-refractivity contribution < 1.29 is 47.0 Å². The predicted molar refractivity (Wildman–Crippen MR) is 221 cm³/mol. The van der Waals surface area contributed by atoms with Crippen molar-refractivity contribution in [3.8, 4) is 0 Å². The maximum absolute atomic E-state index is 14.6. The molecule has 15 heteroatoms. The zero-order valence-corrected chi connectivity index (χ0v) is 33.0. The van der Waals surface area contributed by atoms with Gasteiger partial charge in [-0.2, -0.15) is 13.2 Å². The number of carboxylic acid groups (broad SMARTS) is 1. The van der Waals surface area contributed by atoms with E-state index in [1.165, 1.54) is 19.1 Å². The summed E-state index contributed by atoms with van der Waals surface area (Å²) < 4.78 is 40.7. The fourth-order valence-corrected chi connectivity index (χ4v) is 7.21. The number of carboxylic acids is 1. The summed E-state index contributed by atoms with van der Waals surface area (Å²) in [4.78, 5) is 82.0. The molecule has 2 bridgehead atoms. The predicted octanol–water partition coefficient (Wildman–Crippen LogP) is 5.45. The normalized spacial score (nSPS) is 20.3. The Morgan fingerprint density at radius 3 is 1.98 bits per heavy atom. The summed E-state index contributed by atoms with van der Waals surface area (Å²) in [5.74, 6) is -6.11. The topological polar surface area (TPSA) is 183 Å². The number of halogens is 3. The van der Waals surface area contributed by atoms with E-state index in [1.807, 2.05) is 30.3 Å². The summed E-state index contributed by atoms with van der Waals surface area (Å²) in [6.45, 7) is 1.52. The number of nitrogens with one attached hydrogen (secondary N) is 5. The number of aliphatic carboxylic acids is 1. The highest BCUT2D eigenvalue weighted by atomic mass is 19.4. The van der Waals surface area contributed by atoms with Crippen LogP contribution in [0, 0.1) is 0 Å². The number of amides is 5. The molecular formula is C46H44F3N5O7. The molecular weight excluding hydrogens is 792 g/mol. The lowest BCUT2D eigenvalue weighted by Gasteiger charge is -2.30. The Hall–Kier alpha value is -7.03. The molecule has 6 N–H and O–H groups in total. The minimum atomic E-state index is -4.65. The number of hydrogen-bond donors (Lipinski definition) is 6. The molecule has 2 aliphatic heterocycles. The molecule has 7 rings (SSSR count). The highest BCUT2D eigenvalue weighted by molar-refractivity contribution is 5.97. The molecule has 2 heterocycles. The molecule has 0 saturated carbocycles.